The molecule has 0 aliphatic carbocycles. The Kier molecular flexibility index (Phi) is 3.98. The van der Waals surface area contributed by atoms with Gasteiger partial charge in [0, 0.05) is 31.0 Å². The number of nitrogens with zero attached hydrogens (tertiary/aromatic N) is 2. The Morgan fingerprint density at radius 3 is 3.08 bits per heavy atom. The van der Waals surface area contributed by atoms with Crippen LogP contribution in [0.1, 0.15) is 36.0 Å². The first-order valence-corrected chi connectivity index (χ1v) is 8.34. The minimum atomic E-state index is -0.252. The number of amides is 1. The third kappa shape index (κ3) is 2.78. The molecule has 0 bridgehead atoms. The number of benzene rings is 1. The highest BCUT2D eigenvalue weighted by atomic mass is 16.5. The van der Waals surface area contributed by atoms with Crippen molar-refractivity contribution in [2.45, 2.75) is 30.9 Å². The zero-order valence-corrected chi connectivity index (χ0v) is 13.6. The Morgan fingerprint density at radius 1 is 1.38 bits per heavy atom. The lowest BCUT2D eigenvalue weighted by Gasteiger charge is -2.32. The van der Waals surface area contributed by atoms with Gasteiger partial charge in [-0.25, -0.2) is 0 Å². The summed E-state index contributed by atoms with van der Waals surface area (Å²) in [5, 5.41) is 7.40. The number of nitrogens with one attached hydrogen (secondary N) is 1. The molecule has 2 aromatic rings. The lowest BCUT2D eigenvalue weighted by atomic mass is 9.95. The van der Waals surface area contributed by atoms with E-state index in [1.165, 1.54) is 0 Å². The molecule has 0 spiro atoms. The van der Waals surface area contributed by atoms with Crippen molar-refractivity contribution in [3.05, 3.63) is 47.8 Å². The molecule has 1 aromatic carbocycles. The van der Waals surface area contributed by atoms with E-state index < -0.39 is 0 Å². The third-order valence-corrected chi connectivity index (χ3v) is 4.72. The summed E-state index contributed by atoms with van der Waals surface area (Å²) in [5.74, 6) is 0.559. The quantitative estimate of drug-likeness (QED) is 0.935. The molecule has 3 atom stereocenters. The number of fused-ring (bicyclic) bond motifs is 1. The molecule has 4 rings (SSSR count). The molecule has 6 nitrogen and oxygen atoms in total. The fourth-order valence-corrected chi connectivity index (χ4v) is 3.51. The molecule has 0 saturated carbocycles. The normalized spacial score (nSPS) is 25.8. The van der Waals surface area contributed by atoms with Crippen LogP contribution in [-0.2, 0) is 16.6 Å². The Bertz CT molecular complexity index is 743. The van der Waals surface area contributed by atoms with Crippen molar-refractivity contribution in [3.8, 4) is 5.75 Å². The van der Waals surface area contributed by atoms with E-state index in [9.17, 15) is 4.79 Å². The van der Waals surface area contributed by atoms with E-state index in [1.807, 2.05) is 43.7 Å². The van der Waals surface area contributed by atoms with Crippen molar-refractivity contribution in [2.75, 3.05) is 13.2 Å². The Morgan fingerprint density at radius 2 is 2.25 bits per heavy atom. The maximum absolute atomic E-state index is 12.8. The van der Waals surface area contributed by atoms with Gasteiger partial charge in [0.1, 0.15) is 24.4 Å². The lowest BCUT2D eigenvalue weighted by Crippen LogP contribution is -2.44. The smallest absolute Gasteiger partial charge is 0.231 e. The van der Waals surface area contributed by atoms with Crippen molar-refractivity contribution in [2.24, 2.45) is 7.05 Å². The zero-order valence-electron chi connectivity index (χ0n) is 13.6. The summed E-state index contributed by atoms with van der Waals surface area (Å²) >= 11 is 0. The molecule has 6 heteroatoms. The van der Waals surface area contributed by atoms with Gasteiger partial charge in [-0.3, -0.25) is 9.48 Å². The van der Waals surface area contributed by atoms with Gasteiger partial charge in [0.2, 0.25) is 5.91 Å². The van der Waals surface area contributed by atoms with Gasteiger partial charge in [0.15, 0.2) is 0 Å². The highest BCUT2D eigenvalue weighted by molar-refractivity contribution is 5.85. The van der Waals surface area contributed by atoms with Crippen LogP contribution < -0.4 is 10.1 Å². The van der Waals surface area contributed by atoms with E-state index >= 15 is 0 Å². The van der Waals surface area contributed by atoms with E-state index in [0.29, 0.717) is 13.2 Å². The van der Waals surface area contributed by atoms with Crippen LogP contribution in [0, 0.1) is 0 Å². The average molecular weight is 327 g/mol. The van der Waals surface area contributed by atoms with Crippen molar-refractivity contribution in [1.82, 2.24) is 15.1 Å². The first kappa shape index (κ1) is 15.2. The van der Waals surface area contributed by atoms with Crippen LogP contribution in [0.3, 0.4) is 0 Å². The molecule has 1 N–H and O–H groups in total. The fourth-order valence-electron chi connectivity index (χ4n) is 3.51. The maximum atomic E-state index is 12.8. The number of hydrogen-bond acceptors (Lipinski definition) is 4. The maximum Gasteiger partial charge on any atom is 0.231 e. The van der Waals surface area contributed by atoms with Crippen LogP contribution in [0.15, 0.2) is 36.7 Å². The number of rotatable bonds is 3. The third-order valence-electron chi connectivity index (χ3n) is 4.72. The number of para-hydroxylation sites is 1. The van der Waals surface area contributed by atoms with Gasteiger partial charge < -0.3 is 14.8 Å². The van der Waals surface area contributed by atoms with Gasteiger partial charge in [-0.15, -0.1) is 0 Å². The largest absolute Gasteiger partial charge is 0.492 e. The number of aryl methyl sites for hydroxylation is 1. The predicted molar refractivity (Wildman–Crippen MR) is 87.7 cm³/mol. The minimum absolute atomic E-state index is 0.00402. The Hall–Kier alpha value is -2.34. The van der Waals surface area contributed by atoms with E-state index in [4.69, 9.17) is 9.47 Å². The molecule has 3 heterocycles. The number of ether oxygens (including phenoxy) is 2. The van der Waals surface area contributed by atoms with Crippen molar-refractivity contribution < 1.29 is 14.3 Å². The molecule has 2 aliphatic heterocycles. The Labute approximate surface area is 140 Å². The van der Waals surface area contributed by atoms with Crippen LogP contribution in [0.4, 0.5) is 0 Å². The molecular formula is C18H21N3O3. The molecule has 0 radical (unpaired) electrons. The number of carbonyl (C=O) groups excluding carboxylic acids is 1. The van der Waals surface area contributed by atoms with Crippen LogP contribution in [0.25, 0.3) is 0 Å². The summed E-state index contributed by atoms with van der Waals surface area (Å²) in [6.07, 6.45) is 5.46. The van der Waals surface area contributed by atoms with Crippen molar-refractivity contribution in [1.29, 1.82) is 0 Å². The minimum Gasteiger partial charge on any atom is -0.492 e. The predicted octanol–water partition coefficient (Wildman–Crippen LogP) is 1.93. The first-order valence-electron chi connectivity index (χ1n) is 8.34. The molecule has 1 saturated heterocycles. The van der Waals surface area contributed by atoms with Crippen molar-refractivity contribution in [3.63, 3.8) is 0 Å². The van der Waals surface area contributed by atoms with Crippen LogP contribution >= 0.6 is 0 Å². The molecule has 0 unspecified atom stereocenters. The molecule has 1 amide bonds. The molecule has 1 aromatic heterocycles. The first-order chi connectivity index (χ1) is 11.7. The zero-order chi connectivity index (χ0) is 16.5. The highest BCUT2D eigenvalue weighted by Gasteiger charge is 2.35. The van der Waals surface area contributed by atoms with Crippen LogP contribution in [0.2, 0.25) is 0 Å². The Balaban J connectivity index is 1.50. The summed E-state index contributed by atoms with van der Waals surface area (Å²) in [7, 11) is 1.88. The van der Waals surface area contributed by atoms with Gasteiger partial charge >= 0.3 is 0 Å². The second kappa shape index (κ2) is 6.28. The second-order valence-electron chi connectivity index (χ2n) is 6.40. The monoisotopic (exact) mass is 327 g/mol. The molecule has 24 heavy (non-hydrogen) atoms. The van der Waals surface area contributed by atoms with Crippen LogP contribution in [-0.4, -0.2) is 34.9 Å². The van der Waals surface area contributed by atoms with E-state index in [-0.39, 0.29) is 24.0 Å². The number of carbonyl (C=O) groups is 1. The van der Waals surface area contributed by atoms with Gasteiger partial charge in [0.25, 0.3) is 0 Å². The highest BCUT2D eigenvalue weighted by Crippen LogP contribution is 2.34. The summed E-state index contributed by atoms with van der Waals surface area (Å²) in [6, 6.07) is 7.69. The fraction of sp³-hybridized carbons (Fsp3) is 0.444. The van der Waals surface area contributed by atoms with E-state index in [1.54, 1.807) is 4.68 Å². The summed E-state index contributed by atoms with van der Waals surface area (Å²) in [5.41, 5.74) is 1.97. The lowest BCUT2D eigenvalue weighted by molar-refractivity contribution is -0.125. The van der Waals surface area contributed by atoms with Crippen LogP contribution in [0.5, 0.6) is 5.75 Å². The van der Waals surface area contributed by atoms with E-state index in [2.05, 4.69) is 10.4 Å². The van der Waals surface area contributed by atoms with Gasteiger partial charge in [-0.2, -0.15) is 5.10 Å². The molecular weight excluding hydrogens is 306 g/mol. The molecule has 126 valence electrons. The van der Waals surface area contributed by atoms with Crippen molar-refractivity contribution >= 4 is 5.91 Å². The number of hydrogen-bond donors (Lipinski definition) is 1. The standard InChI is InChI=1S/C18H21N3O3/c1-21-10-12(9-19-21)17-15(6-4-8-23-17)20-18(22)14-11-24-16-7-3-2-5-13(14)16/h2-3,5,7,9-10,14-15,17H,4,6,8,11H2,1H3,(H,20,22)/t14-,15-,17+/m0/s1. The SMILES string of the molecule is Cn1cc([C@H]2OCCC[C@@H]2NC(=O)[C@H]2COc3ccccc32)cn1. The topological polar surface area (TPSA) is 65.4 Å². The van der Waals surface area contributed by atoms with E-state index in [0.717, 1.165) is 29.7 Å². The van der Waals surface area contributed by atoms with Gasteiger partial charge in [-0.1, -0.05) is 18.2 Å². The summed E-state index contributed by atoms with van der Waals surface area (Å²) < 4.78 is 13.3. The summed E-state index contributed by atoms with van der Waals surface area (Å²) in [6.45, 7) is 1.11. The van der Waals surface area contributed by atoms with Gasteiger partial charge in [-0.05, 0) is 18.9 Å². The number of aromatic nitrogens is 2. The van der Waals surface area contributed by atoms with Gasteiger partial charge in [0.05, 0.1) is 12.2 Å². The second-order valence-corrected chi connectivity index (χ2v) is 6.40. The average Bonchev–Trinajstić information content (AvgIpc) is 3.21. The summed E-state index contributed by atoms with van der Waals surface area (Å²) in [4.78, 5) is 12.8. The molecule has 1 fully saturated rings. The molecule has 2 aliphatic rings.